The monoisotopic (exact) mass is 269 g/mol. The van der Waals surface area contributed by atoms with Crippen molar-refractivity contribution < 1.29 is 4.79 Å². The van der Waals surface area contributed by atoms with Gasteiger partial charge in [0.2, 0.25) is 5.91 Å². The van der Waals surface area contributed by atoms with Crippen LogP contribution < -0.4 is 11.1 Å². The van der Waals surface area contributed by atoms with Crippen LogP contribution in [0.2, 0.25) is 0 Å². The van der Waals surface area contributed by atoms with Gasteiger partial charge in [0, 0.05) is 19.5 Å². The summed E-state index contributed by atoms with van der Waals surface area (Å²) >= 11 is 0. The molecule has 0 aliphatic heterocycles. The quantitative estimate of drug-likeness (QED) is 0.703. The van der Waals surface area contributed by atoms with E-state index in [0.717, 1.165) is 32.7 Å². The van der Waals surface area contributed by atoms with E-state index in [1.165, 1.54) is 25.7 Å². The summed E-state index contributed by atoms with van der Waals surface area (Å²) in [5.41, 5.74) is 5.69. The smallest absolute Gasteiger partial charge is 0.220 e. The average Bonchev–Trinajstić information content (AvgIpc) is 2.44. The van der Waals surface area contributed by atoms with Crippen LogP contribution in [-0.4, -0.2) is 43.5 Å². The molecule has 1 saturated carbocycles. The summed E-state index contributed by atoms with van der Waals surface area (Å²) in [6.45, 7) is 8.95. The molecule has 4 nitrogen and oxygen atoms in total. The van der Waals surface area contributed by atoms with Gasteiger partial charge in [-0.15, -0.1) is 0 Å². The van der Waals surface area contributed by atoms with Crippen molar-refractivity contribution >= 4 is 5.91 Å². The third-order valence-electron chi connectivity index (χ3n) is 4.42. The normalized spacial score (nSPS) is 23.6. The molecule has 0 aromatic heterocycles. The summed E-state index contributed by atoms with van der Waals surface area (Å²) in [6, 6.07) is 0. The van der Waals surface area contributed by atoms with E-state index in [-0.39, 0.29) is 5.91 Å². The highest BCUT2D eigenvalue weighted by molar-refractivity contribution is 5.76. The van der Waals surface area contributed by atoms with Gasteiger partial charge in [-0.25, -0.2) is 0 Å². The first kappa shape index (κ1) is 16.4. The van der Waals surface area contributed by atoms with Crippen LogP contribution in [0.25, 0.3) is 0 Å². The molecule has 3 N–H and O–H groups in total. The predicted octanol–water partition coefficient (Wildman–Crippen LogP) is 1.60. The van der Waals surface area contributed by atoms with Crippen molar-refractivity contribution in [3.05, 3.63) is 0 Å². The number of amides is 1. The van der Waals surface area contributed by atoms with Gasteiger partial charge in [0.1, 0.15) is 0 Å². The fraction of sp³-hybridized carbons (Fsp3) is 0.933. The predicted molar refractivity (Wildman–Crippen MR) is 79.9 cm³/mol. The molecule has 1 fully saturated rings. The fourth-order valence-electron chi connectivity index (χ4n) is 2.90. The molecule has 1 aliphatic carbocycles. The lowest BCUT2D eigenvalue weighted by molar-refractivity contribution is -0.122. The Morgan fingerprint density at radius 1 is 1.16 bits per heavy atom. The van der Waals surface area contributed by atoms with Gasteiger partial charge in [0.15, 0.2) is 0 Å². The number of nitrogens with one attached hydrogen (secondary N) is 1. The van der Waals surface area contributed by atoms with Crippen LogP contribution in [-0.2, 0) is 4.79 Å². The van der Waals surface area contributed by atoms with Crippen LogP contribution in [0.3, 0.4) is 0 Å². The summed E-state index contributed by atoms with van der Waals surface area (Å²) in [4.78, 5) is 14.2. The molecule has 0 heterocycles. The van der Waals surface area contributed by atoms with Crippen molar-refractivity contribution in [2.75, 3.05) is 32.7 Å². The second-order valence-electron chi connectivity index (χ2n) is 5.70. The number of carbonyl (C=O) groups is 1. The third-order valence-corrected chi connectivity index (χ3v) is 4.42. The number of nitrogens with two attached hydrogens (primary N) is 1. The minimum Gasteiger partial charge on any atom is -0.355 e. The van der Waals surface area contributed by atoms with E-state index in [1.54, 1.807) is 0 Å². The number of hydrogen-bond donors (Lipinski definition) is 2. The molecular formula is C15H31N3O. The van der Waals surface area contributed by atoms with Gasteiger partial charge in [-0.3, -0.25) is 4.79 Å². The Balaban J connectivity index is 2.11. The highest BCUT2D eigenvalue weighted by Crippen LogP contribution is 2.29. The van der Waals surface area contributed by atoms with Gasteiger partial charge in [-0.1, -0.05) is 13.8 Å². The standard InChI is InChI=1S/C15H31N3O/c1-3-18(4-2)10-9-17-15(19)11-13-5-7-14(12-16)8-6-13/h13-14H,3-12,16H2,1-2H3,(H,17,19). The fourth-order valence-corrected chi connectivity index (χ4v) is 2.90. The van der Waals surface area contributed by atoms with Crippen molar-refractivity contribution in [1.82, 2.24) is 10.2 Å². The van der Waals surface area contributed by atoms with Crippen LogP contribution in [0.15, 0.2) is 0 Å². The molecule has 4 heteroatoms. The van der Waals surface area contributed by atoms with Crippen molar-refractivity contribution in [3.8, 4) is 0 Å². The zero-order valence-electron chi connectivity index (χ0n) is 12.7. The molecular weight excluding hydrogens is 238 g/mol. The van der Waals surface area contributed by atoms with E-state index in [2.05, 4.69) is 24.1 Å². The van der Waals surface area contributed by atoms with Gasteiger partial charge in [-0.2, -0.15) is 0 Å². The minimum atomic E-state index is 0.225. The SMILES string of the molecule is CCN(CC)CCNC(=O)CC1CCC(CN)CC1. The average molecular weight is 269 g/mol. The van der Waals surface area contributed by atoms with Gasteiger partial charge in [0.05, 0.1) is 0 Å². The van der Waals surface area contributed by atoms with E-state index in [1.807, 2.05) is 0 Å². The number of hydrogen-bond acceptors (Lipinski definition) is 3. The number of likely N-dealkylation sites (N-methyl/N-ethyl adjacent to an activating group) is 1. The topological polar surface area (TPSA) is 58.4 Å². The lowest BCUT2D eigenvalue weighted by Crippen LogP contribution is -2.35. The second-order valence-corrected chi connectivity index (χ2v) is 5.70. The number of nitrogens with zero attached hydrogens (tertiary/aromatic N) is 1. The Bertz CT molecular complexity index is 246. The number of carbonyl (C=O) groups excluding carboxylic acids is 1. The summed E-state index contributed by atoms with van der Waals surface area (Å²) in [7, 11) is 0. The van der Waals surface area contributed by atoms with Crippen LogP contribution in [0.1, 0.15) is 46.0 Å². The first-order valence-corrected chi connectivity index (χ1v) is 7.88. The molecule has 1 amide bonds. The molecule has 1 aliphatic rings. The Labute approximate surface area is 118 Å². The van der Waals surface area contributed by atoms with Crippen LogP contribution >= 0.6 is 0 Å². The van der Waals surface area contributed by atoms with Crippen molar-refractivity contribution in [2.24, 2.45) is 17.6 Å². The Hall–Kier alpha value is -0.610. The molecule has 0 bridgehead atoms. The summed E-state index contributed by atoms with van der Waals surface area (Å²) in [5.74, 6) is 1.50. The lowest BCUT2D eigenvalue weighted by atomic mass is 9.80. The Kier molecular flexibility index (Phi) is 8.07. The highest BCUT2D eigenvalue weighted by atomic mass is 16.1. The number of rotatable bonds is 8. The molecule has 0 radical (unpaired) electrons. The summed E-state index contributed by atoms with van der Waals surface area (Å²) in [6.07, 6.45) is 5.45. The van der Waals surface area contributed by atoms with E-state index in [0.29, 0.717) is 18.3 Å². The zero-order chi connectivity index (χ0) is 14.1. The molecule has 1 rings (SSSR count). The highest BCUT2D eigenvalue weighted by Gasteiger charge is 2.22. The second kappa shape index (κ2) is 9.32. The van der Waals surface area contributed by atoms with Crippen molar-refractivity contribution in [1.29, 1.82) is 0 Å². The van der Waals surface area contributed by atoms with Crippen LogP contribution in [0.4, 0.5) is 0 Å². The largest absolute Gasteiger partial charge is 0.355 e. The molecule has 0 atom stereocenters. The van der Waals surface area contributed by atoms with Crippen molar-refractivity contribution in [2.45, 2.75) is 46.0 Å². The molecule has 0 saturated heterocycles. The van der Waals surface area contributed by atoms with E-state index >= 15 is 0 Å². The molecule has 0 aromatic rings. The summed E-state index contributed by atoms with van der Waals surface area (Å²) in [5, 5.41) is 3.05. The Morgan fingerprint density at radius 3 is 2.26 bits per heavy atom. The molecule has 112 valence electrons. The third kappa shape index (κ3) is 6.39. The van der Waals surface area contributed by atoms with E-state index < -0.39 is 0 Å². The maximum Gasteiger partial charge on any atom is 0.220 e. The molecule has 19 heavy (non-hydrogen) atoms. The first-order valence-electron chi connectivity index (χ1n) is 7.88. The molecule has 0 aromatic carbocycles. The maximum atomic E-state index is 11.9. The molecule has 0 unspecified atom stereocenters. The van der Waals surface area contributed by atoms with E-state index in [9.17, 15) is 4.79 Å². The van der Waals surface area contributed by atoms with Gasteiger partial charge >= 0.3 is 0 Å². The van der Waals surface area contributed by atoms with Crippen molar-refractivity contribution in [3.63, 3.8) is 0 Å². The van der Waals surface area contributed by atoms with Gasteiger partial charge in [-0.05, 0) is 57.2 Å². The van der Waals surface area contributed by atoms with Gasteiger partial charge < -0.3 is 16.0 Å². The lowest BCUT2D eigenvalue weighted by Gasteiger charge is -2.27. The maximum absolute atomic E-state index is 11.9. The van der Waals surface area contributed by atoms with Crippen LogP contribution in [0, 0.1) is 11.8 Å². The van der Waals surface area contributed by atoms with Gasteiger partial charge in [0.25, 0.3) is 0 Å². The van der Waals surface area contributed by atoms with E-state index in [4.69, 9.17) is 5.73 Å². The summed E-state index contributed by atoms with van der Waals surface area (Å²) < 4.78 is 0. The van der Waals surface area contributed by atoms with Crippen LogP contribution in [0.5, 0.6) is 0 Å². The minimum absolute atomic E-state index is 0.225. The molecule has 0 spiro atoms. The zero-order valence-corrected chi connectivity index (χ0v) is 12.7. The first-order chi connectivity index (χ1) is 9.19. The Morgan fingerprint density at radius 2 is 1.74 bits per heavy atom.